The molecule has 0 radical (unpaired) electrons. The highest BCUT2D eigenvalue weighted by Crippen LogP contribution is 2.16. The number of benzene rings is 1. The van der Waals surface area contributed by atoms with Gasteiger partial charge in [0.15, 0.2) is 0 Å². The molecule has 0 saturated carbocycles. The Kier molecular flexibility index (Phi) is 5.72. The SMILES string of the molecule is Cc1cc(C)cc(OCC(O)CNCc2ccncc2)c1. The van der Waals surface area contributed by atoms with Crippen LogP contribution in [-0.2, 0) is 6.54 Å². The number of aryl methyl sites for hydroxylation is 2. The maximum absolute atomic E-state index is 9.93. The van der Waals surface area contributed by atoms with Crippen molar-refractivity contribution < 1.29 is 9.84 Å². The van der Waals surface area contributed by atoms with E-state index in [4.69, 9.17) is 4.74 Å². The molecule has 0 spiro atoms. The molecule has 0 aliphatic carbocycles. The lowest BCUT2D eigenvalue weighted by Crippen LogP contribution is -2.31. The summed E-state index contributed by atoms with van der Waals surface area (Å²) in [5.74, 6) is 0.806. The molecule has 0 fully saturated rings. The highest BCUT2D eigenvalue weighted by atomic mass is 16.5. The highest BCUT2D eigenvalue weighted by Gasteiger charge is 2.05. The number of aliphatic hydroxyl groups excluding tert-OH is 1. The molecule has 0 saturated heterocycles. The normalized spacial score (nSPS) is 12.1. The molecular formula is C17H22N2O2. The topological polar surface area (TPSA) is 54.4 Å². The molecule has 1 atom stereocenters. The number of hydrogen-bond donors (Lipinski definition) is 2. The predicted octanol–water partition coefficient (Wildman–Crippen LogP) is 2.23. The van der Waals surface area contributed by atoms with E-state index in [-0.39, 0.29) is 6.61 Å². The average Bonchev–Trinajstić information content (AvgIpc) is 2.45. The van der Waals surface area contributed by atoms with Crippen LogP contribution in [0.5, 0.6) is 5.75 Å². The van der Waals surface area contributed by atoms with Crippen LogP contribution >= 0.6 is 0 Å². The van der Waals surface area contributed by atoms with Crippen LogP contribution in [0, 0.1) is 13.8 Å². The van der Waals surface area contributed by atoms with Crippen molar-refractivity contribution in [2.45, 2.75) is 26.5 Å². The van der Waals surface area contributed by atoms with Gasteiger partial charge in [0.25, 0.3) is 0 Å². The zero-order chi connectivity index (χ0) is 15.1. The van der Waals surface area contributed by atoms with Gasteiger partial charge in [0.2, 0.25) is 0 Å². The Morgan fingerprint density at radius 2 is 1.81 bits per heavy atom. The molecule has 2 aromatic rings. The second kappa shape index (κ2) is 7.76. The Morgan fingerprint density at radius 1 is 1.14 bits per heavy atom. The minimum absolute atomic E-state index is 0.284. The zero-order valence-corrected chi connectivity index (χ0v) is 12.5. The minimum Gasteiger partial charge on any atom is -0.491 e. The third-order valence-electron chi connectivity index (χ3n) is 3.10. The summed E-state index contributed by atoms with van der Waals surface area (Å²) in [7, 11) is 0. The third kappa shape index (κ3) is 5.53. The summed E-state index contributed by atoms with van der Waals surface area (Å²) in [6, 6.07) is 9.95. The molecule has 2 N–H and O–H groups in total. The number of aromatic nitrogens is 1. The van der Waals surface area contributed by atoms with Gasteiger partial charge in [0.05, 0.1) is 0 Å². The van der Waals surface area contributed by atoms with Gasteiger partial charge < -0.3 is 15.2 Å². The summed E-state index contributed by atoms with van der Waals surface area (Å²) in [6.07, 6.45) is 2.99. The van der Waals surface area contributed by atoms with Gasteiger partial charge in [-0.25, -0.2) is 0 Å². The molecule has 0 aliphatic rings. The Labute approximate surface area is 125 Å². The van der Waals surface area contributed by atoms with Gasteiger partial charge in [-0.1, -0.05) is 6.07 Å². The van der Waals surface area contributed by atoms with Crippen molar-refractivity contribution in [3.63, 3.8) is 0 Å². The Morgan fingerprint density at radius 3 is 2.48 bits per heavy atom. The predicted molar refractivity (Wildman–Crippen MR) is 83.4 cm³/mol. The Balaban J connectivity index is 1.71. The van der Waals surface area contributed by atoms with Crippen LogP contribution in [0.25, 0.3) is 0 Å². The smallest absolute Gasteiger partial charge is 0.119 e. The van der Waals surface area contributed by atoms with E-state index in [1.54, 1.807) is 12.4 Å². The van der Waals surface area contributed by atoms with Crippen molar-refractivity contribution in [1.29, 1.82) is 0 Å². The van der Waals surface area contributed by atoms with Crippen molar-refractivity contribution >= 4 is 0 Å². The number of aliphatic hydroxyl groups is 1. The van der Waals surface area contributed by atoms with E-state index in [1.165, 1.54) is 0 Å². The van der Waals surface area contributed by atoms with Crippen molar-refractivity contribution in [2.24, 2.45) is 0 Å². The molecule has 4 heteroatoms. The fourth-order valence-electron chi connectivity index (χ4n) is 2.15. The Hall–Kier alpha value is -1.91. The third-order valence-corrected chi connectivity index (χ3v) is 3.10. The fraction of sp³-hybridized carbons (Fsp3) is 0.353. The number of ether oxygens (including phenoxy) is 1. The van der Waals surface area contributed by atoms with E-state index in [9.17, 15) is 5.11 Å². The van der Waals surface area contributed by atoms with Gasteiger partial charge in [0.1, 0.15) is 18.5 Å². The fourth-order valence-corrected chi connectivity index (χ4v) is 2.15. The van der Waals surface area contributed by atoms with Crippen LogP contribution in [0.4, 0.5) is 0 Å². The molecule has 112 valence electrons. The largest absolute Gasteiger partial charge is 0.491 e. The molecule has 1 heterocycles. The van der Waals surface area contributed by atoms with E-state index in [1.807, 2.05) is 38.1 Å². The highest BCUT2D eigenvalue weighted by molar-refractivity contribution is 5.32. The van der Waals surface area contributed by atoms with Gasteiger partial charge in [-0.3, -0.25) is 4.98 Å². The molecule has 0 amide bonds. The summed E-state index contributed by atoms with van der Waals surface area (Å²) in [6.45, 7) is 5.56. The van der Waals surface area contributed by atoms with Crippen LogP contribution < -0.4 is 10.1 Å². The lowest BCUT2D eigenvalue weighted by atomic mass is 10.1. The average molecular weight is 286 g/mol. The lowest BCUT2D eigenvalue weighted by Gasteiger charge is -2.14. The molecule has 1 aromatic heterocycles. The van der Waals surface area contributed by atoms with Gasteiger partial charge >= 0.3 is 0 Å². The summed E-state index contributed by atoms with van der Waals surface area (Å²) >= 11 is 0. The van der Waals surface area contributed by atoms with Gasteiger partial charge in [-0.2, -0.15) is 0 Å². The van der Waals surface area contributed by atoms with Crippen LogP contribution in [0.3, 0.4) is 0 Å². The van der Waals surface area contributed by atoms with E-state index < -0.39 is 6.10 Å². The first-order chi connectivity index (χ1) is 10.1. The molecule has 4 nitrogen and oxygen atoms in total. The van der Waals surface area contributed by atoms with E-state index in [0.717, 1.165) is 22.4 Å². The first kappa shape index (κ1) is 15.5. The maximum Gasteiger partial charge on any atom is 0.119 e. The van der Waals surface area contributed by atoms with Crippen molar-refractivity contribution in [3.8, 4) is 5.75 Å². The molecular weight excluding hydrogens is 264 g/mol. The second-order valence-corrected chi connectivity index (χ2v) is 5.27. The summed E-state index contributed by atoms with van der Waals surface area (Å²) < 4.78 is 5.63. The quantitative estimate of drug-likeness (QED) is 0.819. The first-order valence-electron chi connectivity index (χ1n) is 7.12. The van der Waals surface area contributed by atoms with Crippen LogP contribution in [-0.4, -0.2) is 29.3 Å². The maximum atomic E-state index is 9.93. The second-order valence-electron chi connectivity index (χ2n) is 5.27. The van der Waals surface area contributed by atoms with Crippen molar-refractivity contribution in [1.82, 2.24) is 10.3 Å². The molecule has 1 unspecified atom stereocenters. The van der Waals surface area contributed by atoms with Crippen LogP contribution in [0.2, 0.25) is 0 Å². The van der Waals surface area contributed by atoms with Gasteiger partial charge in [0, 0.05) is 25.5 Å². The van der Waals surface area contributed by atoms with Gasteiger partial charge in [-0.15, -0.1) is 0 Å². The van der Waals surface area contributed by atoms with Crippen molar-refractivity contribution in [2.75, 3.05) is 13.2 Å². The molecule has 21 heavy (non-hydrogen) atoms. The molecule has 0 bridgehead atoms. The van der Waals surface area contributed by atoms with E-state index >= 15 is 0 Å². The number of nitrogens with zero attached hydrogens (tertiary/aromatic N) is 1. The van der Waals surface area contributed by atoms with Crippen molar-refractivity contribution in [3.05, 3.63) is 59.4 Å². The summed E-state index contributed by atoms with van der Waals surface area (Å²) in [5, 5.41) is 13.1. The standard InChI is InChI=1S/C17H22N2O2/c1-13-7-14(2)9-17(8-13)21-12-16(20)11-19-10-15-3-5-18-6-4-15/h3-9,16,19-20H,10-12H2,1-2H3. The summed E-state index contributed by atoms with van der Waals surface area (Å²) in [5.41, 5.74) is 3.47. The van der Waals surface area contributed by atoms with E-state index in [0.29, 0.717) is 13.1 Å². The number of hydrogen-bond acceptors (Lipinski definition) is 4. The Bertz CT molecular complexity index is 538. The van der Waals surface area contributed by atoms with Gasteiger partial charge in [-0.05, 0) is 54.8 Å². The van der Waals surface area contributed by atoms with E-state index in [2.05, 4.69) is 16.4 Å². The first-order valence-corrected chi connectivity index (χ1v) is 7.12. The minimum atomic E-state index is -0.535. The number of rotatable bonds is 7. The molecule has 2 rings (SSSR count). The van der Waals surface area contributed by atoms with Crippen LogP contribution in [0.1, 0.15) is 16.7 Å². The monoisotopic (exact) mass is 286 g/mol. The number of nitrogens with one attached hydrogen (secondary N) is 1. The lowest BCUT2D eigenvalue weighted by molar-refractivity contribution is 0.106. The number of pyridine rings is 1. The molecule has 0 aliphatic heterocycles. The molecule has 1 aromatic carbocycles. The summed E-state index contributed by atoms with van der Waals surface area (Å²) in [4.78, 5) is 3.97. The zero-order valence-electron chi connectivity index (χ0n) is 12.5. The van der Waals surface area contributed by atoms with Crippen LogP contribution in [0.15, 0.2) is 42.7 Å².